The SMILES string of the molecule is CCC1CCC(CN)(N2CCCC2CC)CC1. The number of hydrogen-bond acceptors (Lipinski definition) is 2. The molecule has 0 aromatic carbocycles. The molecule has 17 heavy (non-hydrogen) atoms. The van der Waals surface area contributed by atoms with E-state index < -0.39 is 0 Å². The Morgan fingerprint density at radius 2 is 1.82 bits per heavy atom. The fourth-order valence-corrected chi connectivity index (χ4v) is 4.12. The molecular formula is C15H30N2. The van der Waals surface area contributed by atoms with E-state index in [9.17, 15) is 0 Å². The summed E-state index contributed by atoms with van der Waals surface area (Å²) in [5.41, 5.74) is 6.54. The maximum absolute atomic E-state index is 6.18. The van der Waals surface area contributed by atoms with Crippen LogP contribution in [0.1, 0.15) is 65.2 Å². The van der Waals surface area contributed by atoms with Crippen LogP contribution in [0.3, 0.4) is 0 Å². The van der Waals surface area contributed by atoms with Gasteiger partial charge in [0.2, 0.25) is 0 Å². The van der Waals surface area contributed by atoms with E-state index in [4.69, 9.17) is 5.73 Å². The molecule has 0 spiro atoms. The highest BCUT2D eigenvalue weighted by molar-refractivity contribution is 5.00. The minimum Gasteiger partial charge on any atom is -0.329 e. The topological polar surface area (TPSA) is 29.3 Å². The molecule has 2 N–H and O–H groups in total. The summed E-state index contributed by atoms with van der Waals surface area (Å²) in [6.07, 6.45) is 10.9. The van der Waals surface area contributed by atoms with Crippen molar-refractivity contribution in [3.05, 3.63) is 0 Å². The van der Waals surface area contributed by atoms with Crippen LogP contribution in [0.15, 0.2) is 0 Å². The molecule has 2 heteroatoms. The minimum absolute atomic E-state index is 0.364. The minimum atomic E-state index is 0.364. The van der Waals surface area contributed by atoms with Crippen LogP contribution in [0.5, 0.6) is 0 Å². The van der Waals surface area contributed by atoms with Crippen molar-refractivity contribution in [2.75, 3.05) is 13.1 Å². The summed E-state index contributed by atoms with van der Waals surface area (Å²) in [5.74, 6) is 0.970. The zero-order valence-electron chi connectivity index (χ0n) is 11.8. The molecule has 0 aromatic heterocycles. The van der Waals surface area contributed by atoms with E-state index in [0.717, 1.165) is 18.5 Å². The van der Waals surface area contributed by atoms with E-state index in [1.807, 2.05) is 0 Å². The number of nitrogens with zero attached hydrogens (tertiary/aromatic N) is 1. The summed E-state index contributed by atoms with van der Waals surface area (Å²) in [7, 11) is 0. The first kappa shape index (κ1) is 13.4. The molecule has 1 aliphatic heterocycles. The molecule has 1 unspecified atom stereocenters. The summed E-state index contributed by atoms with van der Waals surface area (Å²) in [5, 5.41) is 0. The molecule has 1 aliphatic carbocycles. The lowest BCUT2D eigenvalue weighted by atomic mass is 9.74. The third kappa shape index (κ3) is 2.53. The van der Waals surface area contributed by atoms with E-state index in [2.05, 4.69) is 18.7 Å². The zero-order valence-corrected chi connectivity index (χ0v) is 11.8. The average molecular weight is 238 g/mol. The highest BCUT2D eigenvalue weighted by atomic mass is 15.3. The first-order valence-corrected chi connectivity index (χ1v) is 7.72. The molecule has 0 aromatic rings. The summed E-state index contributed by atoms with van der Waals surface area (Å²) in [6.45, 7) is 6.85. The largest absolute Gasteiger partial charge is 0.329 e. The van der Waals surface area contributed by atoms with Crippen molar-refractivity contribution >= 4 is 0 Å². The standard InChI is InChI=1S/C15H30N2/c1-3-13-7-9-15(12-16,10-8-13)17-11-5-6-14(17)4-2/h13-14H,3-12,16H2,1-2H3. The molecule has 1 saturated heterocycles. The molecule has 1 heterocycles. The fourth-order valence-electron chi connectivity index (χ4n) is 4.12. The van der Waals surface area contributed by atoms with Crippen LogP contribution in [0, 0.1) is 5.92 Å². The molecule has 1 saturated carbocycles. The van der Waals surface area contributed by atoms with Gasteiger partial charge in [0.1, 0.15) is 0 Å². The van der Waals surface area contributed by atoms with Crippen molar-refractivity contribution in [2.24, 2.45) is 11.7 Å². The summed E-state index contributed by atoms with van der Waals surface area (Å²) >= 11 is 0. The van der Waals surface area contributed by atoms with Gasteiger partial charge in [-0.2, -0.15) is 0 Å². The second kappa shape index (κ2) is 5.71. The molecule has 1 atom stereocenters. The van der Waals surface area contributed by atoms with Gasteiger partial charge >= 0.3 is 0 Å². The Bertz CT molecular complexity index is 231. The second-order valence-corrected chi connectivity index (χ2v) is 6.18. The molecule has 0 bridgehead atoms. The molecule has 2 fully saturated rings. The van der Waals surface area contributed by atoms with Gasteiger partial charge < -0.3 is 5.73 Å². The van der Waals surface area contributed by atoms with Gasteiger partial charge in [0.05, 0.1) is 0 Å². The monoisotopic (exact) mass is 238 g/mol. The van der Waals surface area contributed by atoms with Crippen LogP contribution in [0.25, 0.3) is 0 Å². The molecule has 100 valence electrons. The average Bonchev–Trinajstić information content (AvgIpc) is 2.87. The lowest BCUT2D eigenvalue weighted by Gasteiger charge is -2.48. The number of likely N-dealkylation sites (tertiary alicyclic amines) is 1. The van der Waals surface area contributed by atoms with E-state index in [1.54, 1.807) is 0 Å². The lowest BCUT2D eigenvalue weighted by Crippen LogP contribution is -2.57. The molecular weight excluding hydrogens is 208 g/mol. The lowest BCUT2D eigenvalue weighted by molar-refractivity contribution is 0.0301. The Morgan fingerprint density at radius 3 is 2.35 bits per heavy atom. The van der Waals surface area contributed by atoms with E-state index in [0.29, 0.717) is 5.54 Å². The Hall–Kier alpha value is -0.0800. The first-order chi connectivity index (χ1) is 8.25. The third-order valence-electron chi connectivity index (χ3n) is 5.45. The Morgan fingerprint density at radius 1 is 1.12 bits per heavy atom. The normalized spacial score (nSPS) is 39.7. The third-order valence-corrected chi connectivity index (χ3v) is 5.45. The highest BCUT2D eigenvalue weighted by Gasteiger charge is 2.43. The Balaban J connectivity index is 2.04. The maximum Gasteiger partial charge on any atom is 0.0334 e. The van der Waals surface area contributed by atoms with Crippen molar-refractivity contribution in [1.82, 2.24) is 4.90 Å². The van der Waals surface area contributed by atoms with Crippen LogP contribution in [-0.4, -0.2) is 29.6 Å². The van der Waals surface area contributed by atoms with Gasteiger partial charge in [-0.1, -0.05) is 20.3 Å². The van der Waals surface area contributed by atoms with E-state index in [1.165, 1.54) is 57.9 Å². The fraction of sp³-hybridized carbons (Fsp3) is 1.00. The number of hydrogen-bond donors (Lipinski definition) is 1. The van der Waals surface area contributed by atoms with Gasteiger partial charge in [0.25, 0.3) is 0 Å². The summed E-state index contributed by atoms with van der Waals surface area (Å²) in [4.78, 5) is 2.79. The molecule has 2 aliphatic rings. The van der Waals surface area contributed by atoms with Crippen molar-refractivity contribution in [1.29, 1.82) is 0 Å². The Kier molecular flexibility index (Phi) is 4.48. The van der Waals surface area contributed by atoms with Crippen LogP contribution >= 0.6 is 0 Å². The molecule has 2 nitrogen and oxygen atoms in total. The predicted octanol–water partition coefficient (Wildman–Crippen LogP) is 3.16. The van der Waals surface area contributed by atoms with Gasteiger partial charge in [-0.15, -0.1) is 0 Å². The second-order valence-electron chi connectivity index (χ2n) is 6.18. The van der Waals surface area contributed by atoms with Crippen molar-refractivity contribution < 1.29 is 0 Å². The van der Waals surface area contributed by atoms with Crippen LogP contribution in [0.4, 0.5) is 0 Å². The van der Waals surface area contributed by atoms with Gasteiger partial charge in [-0.3, -0.25) is 4.90 Å². The number of nitrogens with two attached hydrogens (primary N) is 1. The van der Waals surface area contributed by atoms with Gasteiger partial charge in [0.15, 0.2) is 0 Å². The van der Waals surface area contributed by atoms with E-state index >= 15 is 0 Å². The zero-order chi connectivity index (χ0) is 12.3. The summed E-state index contributed by atoms with van der Waals surface area (Å²) in [6, 6.07) is 0.816. The smallest absolute Gasteiger partial charge is 0.0334 e. The van der Waals surface area contributed by atoms with Crippen LogP contribution in [-0.2, 0) is 0 Å². The quantitative estimate of drug-likeness (QED) is 0.815. The van der Waals surface area contributed by atoms with Gasteiger partial charge in [-0.05, 0) is 57.4 Å². The van der Waals surface area contributed by atoms with Crippen molar-refractivity contribution in [2.45, 2.75) is 76.8 Å². The summed E-state index contributed by atoms with van der Waals surface area (Å²) < 4.78 is 0. The number of rotatable bonds is 4. The molecule has 0 amide bonds. The highest BCUT2D eigenvalue weighted by Crippen LogP contribution is 2.41. The van der Waals surface area contributed by atoms with E-state index in [-0.39, 0.29) is 0 Å². The van der Waals surface area contributed by atoms with Crippen LogP contribution in [0.2, 0.25) is 0 Å². The van der Waals surface area contributed by atoms with Crippen molar-refractivity contribution in [3.8, 4) is 0 Å². The Labute approximate surface area is 107 Å². The van der Waals surface area contributed by atoms with Gasteiger partial charge in [-0.25, -0.2) is 0 Å². The van der Waals surface area contributed by atoms with Crippen LogP contribution < -0.4 is 5.73 Å². The van der Waals surface area contributed by atoms with Gasteiger partial charge in [0, 0.05) is 18.1 Å². The molecule has 2 rings (SSSR count). The molecule has 0 radical (unpaired) electrons. The maximum atomic E-state index is 6.18. The predicted molar refractivity (Wildman–Crippen MR) is 74.1 cm³/mol. The van der Waals surface area contributed by atoms with Crippen molar-refractivity contribution in [3.63, 3.8) is 0 Å². The first-order valence-electron chi connectivity index (χ1n) is 7.72.